The molecule has 0 saturated heterocycles. The van der Waals surface area contributed by atoms with Crippen molar-refractivity contribution in [2.24, 2.45) is 5.73 Å². The third-order valence-corrected chi connectivity index (χ3v) is 6.34. The lowest BCUT2D eigenvalue weighted by Crippen LogP contribution is -2.33. The molecule has 2 aromatic rings. The van der Waals surface area contributed by atoms with Crippen molar-refractivity contribution >= 4 is 27.5 Å². The van der Waals surface area contributed by atoms with Crippen molar-refractivity contribution in [1.82, 2.24) is 4.31 Å². The van der Waals surface area contributed by atoms with Gasteiger partial charge in [-0.05, 0) is 49.2 Å². The first kappa shape index (κ1) is 17.8. The minimum Gasteiger partial charge on any atom is -0.366 e. The summed E-state index contributed by atoms with van der Waals surface area (Å²) < 4.78 is 41.3. The van der Waals surface area contributed by atoms with E-state index >= 15 is 0 Å². The molecule has 0 heterocycles. The average Bonchev–Trinajstić information content (AvgIpc) is 3.39. The topological polar surface area (TPSA) is 80.5 Å². The van der Waals surface area contributed by atoms with Crippen molar-refractivity contribution in [2.75, 3.05) is 0 Å². The molecule has 5 nitrogen and oxygen atoms in total. The molecule has 0 bridgehead atoms. The van der Waals surface area contributed by atoms with E-state index in [-0.39, 0.29) is 33.6 Å². The van der Waals surface area contributed by atoms with Crippen molar-refractivity contribution in [3.05, 3.63) is 64.4 Å². The number of nitrogens with two attached hydrogens (primary N) is 1. The summed E-state index contributed by atoms with van der Waals surface area (Å²) in [5.74, 6) is -1.18. The second-order valence-corrected chi connectivity index (χ2v) is 8.17. The van der Waals surface area contributed by atoms with Crippen LogP contribution in [0.1, 0.15) is 28.8 Å². The van der Waals surface area contributed by atoms with Crippen LogP contribution in [0.5, 0.6) is 0 Å². The Hall–Kier alpha value is -1.96. The number of carbonyl (C=O) groups excluding carboxylic acids is 1. The molecule has 0 unspecified atom stereocenters. The number of carbonyl (C=O) groups is 1. The monoisotopic (exact) mass is 382 g/mol. The highest BCUT2D eigenvalue weighted by molar-refractivity contribution is 7.89. The summed E-state index contributed by atoms with van der Waals surface area (Å²) in [5, 5.41) is 0.185. The summed E-state index contributed by atoms with van der Waals surface area (Å²) in [6.45, 7) is -0.143. The molecule has 3 rings (SSSR count). The first-order valence-corrected chi connectivity index (χ1v) is 9.47. The van der Waals surface area contributed by atoms with Gasteiger partial charge in [0.2, 0.25) is 15.9 Å². The van der Waals surface area contributed by atoms with Crippen molar-refractivity contribution in [3.8, 4) is 0 Å². The number of halogens is 2. The molecule has 132 valence electrons. The molecule has 8 heteroatoms. The van der Waals surface area contributed by atoms with E-state index in [0.29, 0.717) is 12.8 Å². The lowest BCUT2D eigenvalue weighted by atomic mass is 10.2. The number of hydrogen-bond acceptors (Lipinski definition) is 3. The smallest absolute Gasteiger partial charge is 0.248 e. The van der Waals surface area contributed by atoms with Crippen LogP contribution in [0.25, 0.3) is 0 Å². The molecule has 0 aliphatic heterocycles. The van der Waals surface area contributed by atoms with E-state index in [4.69, 9.17) is 17.3 Å². The van der Waals surface area contributed by atoms with Gasteiger partial charge in [-0.3, -0.25) is 4.79 Å². The number of rotatable bonds is 6. The van der Waals surface area contributed by atoms with E-state index in [1.165, 1.54) is 46.8 Å². The van der Waals surface area contributed by atoms with Gasteiger partial charge in [0.1, 0.15) is 5.82 Å². The van der Waals surface area contributed by atoms with Gasteiger partial charge < -0.3 is 5.73 Å². The lowest BCUT2D eigenvalue weighted by Gasteiger charge is -2.23. The minimum absolute atomic E-state index is 0.0249. The summed E-state index contributed by atoms with van der Waals surface area (Å²) in [4.78, 5) is 11.2. The first-order chi connectivity index (χ1) is 11.8. The molecular formula is C17H16ClFN2O3S. The Morgan fingerprint density at radius 3 is 2.36 bits per heavy atom. The van der Waals surface area contributed by atoms with Gasteiger partial charge in [0.15, 0.2) is 0 Å². The Labute approximate surface area is 150 Å². The molecule has 1 aliphatic rings. The molecule has 1 saturated carbocycles. The summed E-state index contributed by atoms with van der Waals surface area (Å²) in [6.07, 6.45) is 1.43. The van der Waals surface area contributed by atoms with Crippen LogP contribution in [0.15, 0.2) is 47.4 Å². The maximum Gasteiger partial charge on any atom is 0.248 e. The van der Waals surface area contributed by atoms with Crippen LogP contribution in [0.3, 0.4) is 0 Å². The zero-order valence-corrected chi connectivity index (χ0v) is 14.7. The van der Waals surface area contributed by atoms with Crippen LogP contribution in [0.4, 0.5) is 4.39 Å². The zero-order chi connectivity index (χ0) is 18.2. The van der Waals surface area contributed by atoms with E-state index in [1.807, 2.05) is 0 Å². The van der Waals surface area contributed by atoms with Gasteiger partial charge in [-0.15, -0.1) is 0 Å². The van der Waals surface area contributed by atoms with Crippen LogP contribution in [0, 0.1) is 5.82 Å². The SMILES string of the molecule is NC(=O)c1ccc(S(=O)(=O)N(Cc2c(F)cccc2Cl)C2CC2)cc1. The molecule has 2 aromatic carbocycles. The molecule has 0 atom stereocenters. The van der Waals surface area contributed by atoms with E-state index in [1.54, 1.807) is 0 Å². The normalized spacial score (nSPS) is 14.7. The van der Waals surface area contributed by atoms with E-state index in [2.05, 4.69) is 0 Å². The Bertz CT molecular complexity index is 892. The third-order valence-electron chi connectivity index (χ3n) is 4.08. The van der Waals surface area contributed by atoms with Crippen LogP contribution in [-0.4, -0.2) is 24.7 Å². The molecule has 0 radical (unpaired) electrons. The zero-order valence-electron chi connectivity index (χ0n) is 13.2. The van der Waals surface area contributed by atoms with E-state index in [9.17, 15) is 17.6 Å². The van der Waals surface area contributed by atoms with Gasteiger partial charge in [-0.2, -0.15) is 4.31 Å². The van der Waals surface area contributed by atoms with Crippen molar-refractivity contribution in [3.63, 3.8) is 0 Å². The fourth-order valence-corrected chi connectivity index (χ4v) is 4.41. The van der Waals surface area contributed by atoms with Crippen molar-refractivity contribution in [1.29, 1.82) is 0 Å². The summed E-state index contributed by atoms with van der Waals surface area (Å²) in [6, 6.07) is 9.44. The molecule has 1 aliphatic carbocycles. The molecule has 0 aromatic heterocycles. The second kappa shape index (κ2) is 6.74. The summed E-state index contributed by atoms with van der Waals surface area (Å²) in [7, 11) is -3.86. The second-order valence-electron chi connectivity index (χ2n) is 5.87. The van der Waals surface area contributed by atoms with Crippen molar-refractivity contribution in [2.45, 2.75) is 30.3 Å². The van der Waals surface area contributed by atoms with Gasteiger partial charge in [0, 0.05) is 28.7 Å². The lowest BCUT2D eigenvalue weighted by molar-refractivity contribution is 0.1000. The van der Waals surface area contributed by atoms with Gasteiger partial charge in [-0.25, -0.2) is 12.8 Å². The number of amides is 1. The average molecular weight is 383 g/mol. The fourth-order valence-electron chi connectivity index (χ4n) is 2.54. The Balaban J connectivity index is 1.95. The van der Waals surface area contributed by atoms with Gasteiger partial charge in [0.05, 0.1) is 4.90 Å². The van der Waals surface area contributed by atoms with Gasteiger partial charge in [-0.1, -0.05) is 17.7 Å². The van der Waals surface area contributed by atoms with Crippen molar-refractivity contribution < 1.29 is 17.6 Å². The number of nitrogens with zero attached hydrogens (tertiary/aromatic N) is 1. The highest BCUT2D eigenvalue weighted by Gasteiger charge is 2.38. The van der Waals surface area contributed by atoms with Crippen LogP contribution >= 0.6 is 11.6 Å². The maximum absolute atomic E-state index is 14.1. The molecule has 1 amide bonds. The van der Waals surface area contributed by atoms with Crippen LogP contribution in [0.2, 0.25) is 5.02 Å². The fraction of sp³-hybridized carbons (Fsp3) is 0.235. The van der Waals surface area contributed by atoms with Gasteiger partial charge in [0.25, 0.3) is 0 Å². The van der Waals surface area contributed by atoms with E-state index in [0.717, 1.165) is 0 Å². The maximum atomic E-state index is 14.1. The highest BCUT2D eigenvalue weighted by Crippen LogP contribution is 2.35. The standard InChI is InChI=1S/C17H16ClFN2O3S/c18-15-2-1-3-16(19)14(15)10-21(12-6-7-12)25(23,24)13-8-4-11(5-9-13)17(20)22/h1-5,8-9,12H,6-7,10H2,(H2,20,22). The summed E-state index contributed by atoms with van der Waals surface area (Å²) >= 11 is 6.04. The Morgan fingerprint density at radius 2 is 1.84 bits per heavy atom. The number of benzene rings is 2. The summed E-state index contributed by atoms with van der Waals surface area (Å²) in [5.41, 5.74) is 5.53. The molecule has 1 fully saturated rings. The van der Waals surface area contributed by atoms with E-state index < -0.39 is 21.7 Å². The first-order valence-electron chi connectivity index (χ1n) is 7.65. The molecular weight excluding hydrogens is 367 g/mol. The quantitative estimate of drug-likeness (QED) is 0.834. The number of primary amides is 1. The molecule has 25 heavy (non-hydrogen) atoms. The highest BCUT2D eigenvalue weighted by atomic mass is 35.5. The largest absolute Gasteiger partial charge is 0.366 e. The minimum atomic E-state index is -3.86. The third kappa shape index (κ3) is 3.68. The van der Waals surface area contributed by atoms with Gasteiger partial charge >= 0.3 is 0 Å². The number of hydrogen-bond donors (Lipinski definition) is 1. The Morgan fingerprint density at radius 1 is 1.20 bits per heavy atom. The number of sulfonamides is 1. The molecule has 0 spiro atoms. The Kier molecular flexibility index (Phi) is 4.81. The molecule has 2 N–H and O–H groups in total. The predicted octanol–water partition coefficient (Wildman–Crippen LogP) is 2.93. The van der Waals surface area contributed by atoms with Crippen LogP contribution < -0.4 is 5.73 Å². The predicted molar refractivity (Wildman–Crippen MR) is 92.1 cm³/mol. The van der Waals surface area contributed by atoms with Crippen LogP contribution in [-0.2, 0) is 16.6 Å².